The second kappa shape index (κ2) is 7.26. The molecule has 2 rings (SSSR count). The van der Waals surface area contributed by atoms with Crippen molar-refractivity contribution in [2.75, 3.05) is 6.54 Å². The molecule has 2 aromatic rings. The molecule has 0 amide bonds. The quantitative estimate of drug-likeness (QED) is 0.841. The van der Waals surface area contributed by atoms with Crippen molar-refractivity contribution in [2.24, 2.45) is 0 Å². The van der Waals surface area contributed by atoms with Crippen LogP contribution in [0.15, 0.2) is 30.5 Å². The summed E-state index contributed by atoms with van der Waals surface area (Å²) in [5.41, 5.74) is 1.04. The molecule has 0 saturated carbocycles. The Morgan fingerprint density at radius 3 is 2.63 bits per heavy atom. The van der Waals surface area contributed by atoms with E-state index in [2.05, 4.69) is 36.3 Å². The van der Waals surface area contributed by atoms with Crippen molar-refractivity contribution in [3.05, 3.63) is 45.9 Å². The molecule has 1 N–H and O–H groups in total. The standard InChI is InChI=1S/C15H20N2OS/c1-3-14-7-8-15(19-14)11-18-13-6-5-12(17-10-13)9-16-4-2/h5-8,10,16H,3-4,9,11H2,1-2H3. The number of hydrogen-bond acceptors (Lipinski definition) is 4. The monoisotopic (exact) mass is 276 g/mol. The fraction of sp³-hybridized carbons (Fsp3) is 0.400. The molecule has 0 aromatic carbocycles. The van der Waals surface area contributed by atoms with Crippen LogP contribution in [-0.4, -0.2) is 11.5 Å². The van der Waals surface area contributed by atoms with Crippen LogP contribution < -0.4 is 10.1 Å². The van der Waals surface area contributed by atoms with Crippen LogP contribution in [0.3, 0.4) is 0 Å². The second-order valence-electron chi connectivity index (χ2n) is 4.28. The molecule has 19 heavy (non-hydrogen) atoms. The smallest absolute Gasteiger partial charge is 0.138 e. The number of aromatic nitrogens is 1. The fourth-order valence-electron chi connectivity index (χ4n) is 1.70. The molecule has 2 heterocycles. The lowest BCUT2D eigenvalue weighted by atomic mass is 10.3. The van der Waals surface area contributed by atoms with E-state index in [-0.39, 0.29) is 0 Å². The average molecular weight is 276 g/mol. The number of nitrogens with one attached hydrogen (secondary N) is 1. The first-order valence-electron chi connectivity index (χ1n) is 6.67. The highest BCUT2D eigenvalue weighted by molar-refractivity contribution is 7.11. The summed E-state index contributed by atoms with van der Waals surface area (Å²) in [6, 6.07) is 8.29. The van der Waals surface area contributed by atoms with E-state index in [1.165, 1.54) is 9.75 Å². The van der Waals surface area contributed by atoms with Crippen LogP contribution in [0.25, 0.3) is 0 Å². The third-order valence-corrected chi connectivity index (χ3v) is 4.00. The van der Waals surface area contributed by atoms with E-state index < -0.39 is 0 Å². The van der Waals surface area contributed by atoms with Crippen molar-refractivity contribution in [3.63, 3.8) is 0 Å². The van der Waals surface area contributed by atoms with E-state index >= 15 is 0 Å². The van der Waals surface area contributed by atoms with Crippen LogP contribution in [-0.2, 0) is 19.6 Å². The van der Waals surface area contributed by atoms with Gasteiger partial charge < -0.3 is 10.1 Å². The maximum atomic E-state index is 5.74. The summed E-state index contributed by atoms with van der Waals surface area (Å²) < 4.78 is 5.74. The molecule has 0 aliphatic rings. The van der Waals surface area contributed by atoms with Gasteiger partial charge in [0, 0.05) is 16.3 Å². The van der Waals surface area contributed by atoms with Gasteiger partial charge in [-0.1, -0.05) is 13.8 Å². The van der Waals surface area contributed by atoms with Crippen molar-refractivity contribution in [3.8, 4) is 5.75 Å². The molecule has 0 fully saturated rings. The van der Waals surface area contributed by atoms with Crippen LogP contribution >= 0.6 is 11.3 Å². The largest absolute Gasteiger partial charge is 0.486 e. The molecule has 2 aromatic heterocycles. The van der Waals surface area contributed by atoms with Gasteiger partial charge in [-0.25, -0.2) is 0 Å². The first kappa shape index (κ1) is 14.0. The predicted octanol–water partition coefficient (Wildman–Crippen LogP) is 3.39. The van der Waals surface area contributed by atoms with Crippen LogP contribution in [0.5, 0.6) is 5.75 Å². The molecule has 3 nitrogen and oxygen atoms in total. The van der Waals surface area contributed by atoms with Gasteiger partial charge in [-0.15, -0.1) is 11.3 Å². The molecule has 0 radical (unpaired) electrons. The number of pyridine rings is 1. The molecule has 0 saturated heterocycles. The van der Waals surface area contributed by atoms with Crippen LogP contribution in [0.1, 0.15) is 29.3 Å². The summed E-state index contributed by atoms with van der Waals surface area (Å²) in [7, 11) is 0. The van der Waals surface area contributed by atoms with Gasteiger partial charge in [0.2, 0.25) is 0 Å². The maximum Gasteiger partial charge on any atom is 0.138 e. The number of nitrogens with zero attached hydrogens (tertiary/aromatic N) is 1. The van der Waals surface area contributed by atoms with Gasteiger partial charge >= 0.3 is 0 Å². The summed E-state index contributed by atoms with van der Waals surface area (Å²) in [6.45, 7) is 6.64. The third kappa shape index (κ3) is 4.33. The minimum absolute atomic E-state index is 0.624. The van der Waals surface area contributed by atoms with E-state index in [1.54, 1.807) is 6.20 Å². The summed E-state index contributed by atoms with van der Waals surface area (Å²) >= 11 is 1.81. The van der Waals surface area contributed by atoms with E-state index in [9.17, 15) is 0 Å². The normalized spacial score (nSPS) is 10.6. The summed E-state index contributed by atoms with van der Waals surface area (Å²) in [5, 5.41) is 3.25. The molecule has 102 valence electrons. The lowest BCUT2D eigenvalue weighted by Crippen LogP contribution is -2.12. The molecule has 0 aliphatic heterocycles. The zero-order chi connectivity index (χ0) is 13.5. The van der Waals surface area contributed by atoms with E-state index in [0.29, 0.717) is 6.61 Å². The van der Waals surface area contributed by atoms with Crippen LogP contribution in [0.2, 0.25) is 0 Å². The lowest BCUT2D eigenvalue weighted by Gasteiger charge is -2.05. The fourth-order valence-corrected chi connectivity index (χ4v) is 2.57. The molecule has 0 aliphatic carbocycles. The number of rotatable bonds is 7. The van der Waals surface area contributed by atoms with Gasteiger partial charge in [0.1, 0.15) is 12.4 Å². The van der Waals surface area contributed by atoms with Crippen molar-refractivity contribution >= 4 is 11.3 Å². The highest BCUT2D eigenvalue weighted by Gasteiger charge is 2.01. The zero-order valence-corrected chi connectivity index (χ0v) is 12.3. The van der Waals surface area contributed by atoms with Crippen molar-refractivity contribution in [2.45, 2.75) is 33.4 Å². The summed E-state index contributed by atoms with van der Waals surface area (Å²) in [4.78, 5) is 7.02. The van der Waals surface area contributed by atoms with Gasteiger partial charge in [-0.05, 0) is 37.2 Å². The topological polar surface area (TPSA) is 34.1 Å². The number of ether oxygens (including phenoxy) is 1. The third-order valence-electron chi connectivity index (χ3n) is 2.80. The highest BCUT2D eigenvalue weighted by Crippen LogP contribution is 2.19. The number of thiophene rings is 1. The summed E-state index contributed by atoms with van der Waals surface area (Å²) in [5.74, 6) is 0.826. The van der Waals surface area contributed by atoms with Gasteiger partial charge in [-0.2, -0.15) is 0 Å². The van der Waals surface area contributed by atoms with Gasteiger partial charge in [0.15, 0.2) is 0 Å². The second-order valence-corrected chi connectivity index (χ2v) is 5.53. The average Bonchev–Trinajstić information content (AvgIpc) is 2.92. The Balaban J connectivity index is 1.85. The molecule has 0 spiro atoms. The van der Waals surface area contributed by atoms with Crippen LogP contribution in [0, 0.1) is 0 Å². The van der Waals surface area contributed by atoms with Crippen molar-refractivity contribution in [1.82, 2.24) is 10.3 Å². The highest BCUT2D eigenvalue weighted by atomic mass is 32.1. The first-order valence-corrected chi connectivity index (χ1v) is 7.49. The Morgan fingerprint density at radius 1 is 1.16 bits per heavy atom. The predicted molar refractivity (Wildman–Crippen MR) is 79.6 cm³/mol. The Morgan fingerprint density at radius 2 is 2.00 bits per heavy atom. The van der Waals surface area contributed by atoms with Gasteiger partial charge in [-0.3, -0.25) is 4.98 Å². The molecular formula is C15H20N2OS. The van der Waals surface area contributed by atoms with Gasteiger partial charge in [0.05, 0.1) is 11.9 Å². The molecule has 0 bridgehead atoms. The van der Waals surface area contributed by atoms with Gasteiger partial charge in [0.25, 0.3) is 0 Å². The molecule has 4 heteroatoms. The maximum absolute atomic E-state index is 5.74. The number of aryl methyl sites for hydroxylation is 1. The van der Waals surface area contributed by atoms with Crippen LogP contribution in [0.4, 0.5) is 0 Å². The van der Waals surface area contributed by atoms with Crippen molar-refractivity contribution < 1.29 is 4.74 Å². The van der Waals surface area contributed by atoms with Crippen molar-refractivity contribution in [1.29, 1.82) is 0 Å². The SMILES string of the molecule is CCNCc1ccc(OCc2ccc(CC)s2)cn1. The van der Waals surface area contributed by atoms with E-state index in [1.807, 2.05) is 23.5 Å². The van der Waals surface area contributed by atoms with E-state index in [4.69, 9.17) is 4.74 Å². The minimum Gasteiger partial charge on any atom is -0.486 e. The van der Waals surface area contributed by atoms with E-state index in [0.717, 1.165) is 31.0 Å². The summed E-state index contributed by atoms with van der Waals surface area (Å²) in [6.07, 6.45) is 2.88. The minimum atomic E-state index is 0.624. The molecule has 0 atom stereocenters. The Bertz CT molecular complexity index is 493. The first-order chi connectivity index (χ1) is 9.31. The molecule has 0 unspecified atom stereocenters. The Hall–Kier alpha value is -1.39. The zero-order valence-electron chi connectivity index (χ0n) is 11.5. The Kier molecular flexibility index (Phi) is 5.36. The number of hydrogen-bond donors (Lipinski definition) is 1. The lowest BCUT2D eigenvalue weighted by molar-refractivity contribution is 0.308. The molecular weight excluding hydrogens is 256 g/mol. The Labute approximate surface area is 118 Å².